The van der Waals surface area contributed by atoms with Gasteiger partial charge in [-0.25, -0.2) is 12.7 Å². The predicted octanol–water partition coefficient (Wildman–Crippen LogP) is 1.93. The second-order valence-electron chi connectivity index (χ2n) is 6.11. The molecular weight excluding hydrogens is 336 g/mol. The number of rotatable bonds is 9. The molecule has 25 heavy (non-hydrogen) atoms. The molecular formula is C18H32N4O2S. The number of hydrogen-bond donors (Lipinski definition) is 1. The molecule has 7 heteroatoms. The second-order valence-corrected chi connectivity index (χ2v) is 8.09. The predicted molar refractivity (Wildman–Crippen MR) is 105 cm³/mol. The Bertz CT molecular complexity index is 642. The van der Waals surface area contributed by atoms with E-state index >= 15 is 0 Å². The van der Waals surface area contributed by atoms with Gasteiger partial charge in [-0.05, 0) is 24.0 Å². The summed E-state index contributed by atoms with van der Waals surface area (Å²) in [5, 5.41) is 3.30. The van der Waals surface area contributed by atoms with Crippen LogP contribution in [0, 0.1) is 0 Å². The van der Waals surface area contributed by atoms with Crippen LogP contribution in [0.5, 0.6) is 0 Å². The van der Waals surface area contributed by atoms with Gasteiger partial charge in [0.05, 0.1) is 6.26 Å². The fourth-order valence-electron chi connectivity index (χ4n) is 2.63. The Kier molecular flexibility index (Phi) is 8.92. The first-order chi connectivity index (χ1) is 11.8. The monoisotopic (exact) mass is 368 g/mol. The van der Waals surface area contributed by atoms with Crippen LogP contribution in [0.2, 0.25) is 0 Å². The summed E-state index contributed by atoms with van der Waals surface area (Å²) in [7, 11) is 0.637. The Morgan fingerprint density at radius 1 is 1.16 bits per heavy atom. The molecule has 0 heterocycles. The number of benzene rings is 1. The van der Waals surface area contributed by atoms with Crippen LogP contribution in [-0.4, -0.2) is 63.6 Å². The van der Waals surface area contributed by atoms with Crippen molar-refractivity contribution in [3.63, 3.8) is 0 Å². The average molecular weight is 369 g/mol. The van der Waals surface area contributed by atoms with E-state index in [1.165, 1.54) is 21.7 Å². The Morgan fingerprint density at radius 2 is 1.76 bits per heavy atom. The molecule has 1 rings (SSSR count). The van der Waals surface area contributed by atoms with Crippen LogP contribution in [0.15, 0.2) is 29.3 Å². The molecule has 0 unspecified atom stereocenters. The number of aliphatic imine (C=N–C) groups is 1. The van der Waals surface area contributed by atoms with E-state index < -0.39 is 10.0 Å². The van der Waals surface area contributed by atoms with Crippen molar-refractivity contribution in [3.05, 3.63) is 35.4 Å². The van der Waals surface area contributed by atoms with Crippen molar-refractivity contribution >= 4 is 16.0 Å². The van der Waals surface area contributed by atoms with Crippen molar-refractivity contribution in [1.82, 2.24) is 14.5 Å². The number of nitrogens with zero attached hydrogens (tertiary/aromatic N) is 3. The van der Waals surface area contributed by atoms with Gasteiger partial charge in [-0.1, -0.05) is 38.1 Å². The fraction of sp³-hybridized carbons (Fsp3) is 0.611. The lowest BCUT2D eigenvalue weighted by Gasteiger charge is -2.23. The largest absolute Gasteiger partial charge is 0.356 e. The Balaban J connectivity index is 2.47. The smallest absolute Gasteiger partial charge is 0.211 e. The number of aryl methyl sites for hydroxylation is 1. The molecule has 0 aliphatic rings. The average Bonchev–Trinajstić information content (AvgIpc) is 2.57. The minimum absolute atomic E-state index is 0.501. The van der Waals surface area contributed by atoms with Crippen molar-refractivity contribution in [2.75, 3.05) is 40.0 Å². The second kappa shape index (κ2) is 10.4. The van der Waals surface area contributed by atoms with E-state index in [0.29, 0.717) is 19.6 Å². The minimum atomic E-state index is -3.12. The van der Waals surface area contributed by atoms with Gasteiger partial charge in [-0.2, -0.15) is 0 Å². The SMILES string of the molecule is CCc1ccc(CN(C)C(=NC)NCCCN(CC)S(C)(=O)=O)cc1. The molecule has 1 N–H and O–H groups in total. The standard InChI is InChI=1S/C18H32N4O2S/c1-6-16-9-11-17(12-10-16)15-21(4)18(19-3)20-13-8-14-22(7-2)25(5,23)24/h9-12H,6-8,13-15H2,1-5H3,(H,19,20). The maximum Gasteiger partial charge on any atom is 0.211 e. The highest BCUT2D eigenvalue weighted by Crippen LogP contribution is 2.07. The fourth-order valence-corrected chi connectivity index (χ4v) is 3.56. The summed E-state index contributed by atoms with van der Waals surface area (Å²) in [6.45, 7) is 6.47. The molecule has 0 aliphatic carbocycles. The van der Waals surface area contributed by atoms with Crippen LogP contribution < -0.4 is 5.32 Å². The van der Waals surface area contributed by atoms with Gasteiger partial charge in [-0.3, -0.25) is 4.99 Å². The molecule has 6 nitrogen and oxygen atoms in total. The zero-order valence-corrected chi connectivity index (χ0v) is 16.9. The number of sulfonamides is 1. The van der Waals surface area contributed by atoms with Crippen LogP contribution >= 0.6 is 0 Å². The zero-order valence-electron chi connectivity index (χ0n) is 16.1. The minimum Gasteiger partial charge on any atom is -0.356 e. The maximum absolute atomic E-state index is 11.6. The summed E-state index contributed by atoms with van der Waals surface area (Å²) >= 11 is 0. The van der Waals surface area contributed by atoms with E-state index in [1.807, 2.05) is 14.0 Å². The van der Waals surface area contributed by atoms with Crippen LogP contribution in [0.1, 0.15) is 31.4 Å². The molecule has 0 aromatic heterocycles. The van der Waals surface area contributed by atoms with E-state index in [0.717, 1.165) is 25.3 Å². The van der Waals surface area contributed by atoms with Gasteiger partial charge < -0.3 is 10.2 Å². The molecule has 142 valence electrons. The van der Waals surface area contributed by atoms with Crippen LogP contribution in [0.25, 0.3) is 0 Å². The number of nitrogens with one attached hydrogen (secondary N) is 1. The summed E-state index contributed by atoms with van der Waals surface area (Å²) in [6, 6.07) is 8.61. The van der Waals surface area contributed by atoms with E-state index in [4.69, 9.17) is 0 Å². The lowest BCUT2D eigenvalue weighted by Crippen LogP contribution is -2.40. The molecule has 1 aromatic carbocycles. The highest BCUT2D eigenvalue weighted by molar-refractivity contribution is 7.88. The Labute approximate surface area is 153 Å². The van der Waals surface area contributed by atoms with Crippen molar-refractivity contribution < 1.29 is 8.42 Å². The van der Waals surface area contributed by atoms with Gasteiger partial charge in [0.25, 0.3) is 0 Å². The molecule has 0 saturated carbocycles. The number of guanidine groups is 1. The normalized spacial score (nSPS) is 12.5. The molecule has 0 fully saturated rings. The quantitative estimate of drug-likeness (QED) is 0.411. The third-order valence-corrected chi connectivity index (χ3v) is 5.49. The highest BCUT2D eigenvalue weighted by Gasteiger charge is 2.13. The first kappa shape index (κ1) is 21.4. The Morgan fingerprint density at radius 3 is 2.24 bits per heavy atom. The molecule has 0 aliphatic heterocycles. The molecule has 0 radical (unpaired) electrons. The van der Waals surface area contributed by atoms with E-state index in [2.05, 4.69) is 46.4 Å². The van der Waals surface area contributed by atoms with Crippen LogP contribution in [-0.2, 0) is 23.0 Å². The zero-order chi connectivity index (χ0) is 18.9. The van der Waals surface area contributed by atoms with Gasteiger partial charge >= 0.3 is 0 Å². The first-order valence-electron chi connectivity index (χ1n) is 8.76. The third-order valence-electron chi connectivity index (χ3n) is 4.11. The Hall–Kier alpha value is -1.60. The summed E-state index contributed by atoms with van der Waals surface area (Å²) < 4.78 is 24.6. The molecule has 1 aromatic rings. The lowest BCUT2D eigenvalue weighted by molar-refractivity contribution is 0.419. The van der Waals surface area contributed by atoms with Crippen molar-refractivity contribution in [1.29, 1.82) is 0 Å². The van der Waals surface area contributed by atoms with Gasteiger partial charge in [0.1, 0.15) is 0 Å². The third kappa shape index (κ3) is 7.44. The van der Waals surface area contributed by atoms with Gasteiger partial charge in [0.15, 0.2) is 5.96 Å². The molecule has 0 saturated heterocycles. The van der Waals surface area contributed by atoms with Crippen LogP contribution in [0.3, 0.4) is 0 Å². The highest BCUT2D eigenvalue weighted by atomic mass is 32.2. The molecule has 0 atom stereocenters. The molecule has 0 amide bonds. The summed E-state index contributed by atoms with van der Waals surface area (Å²) in [4.78, 5) is 6.37. The van der Waals surface area contributed by atoms with Gasteiger partial charge in [-0.15, -0.1) is 0 Å². The lowest BCUT2D eigenvalue weighted by atomic mass is 10.1. The van der Waals surface area contributed by atoms with Gasteiger partial charge in [0, 0.05) is 40.3 Å². The van der Waals surface area contributed by atoms with E-state index in [-0.39, 0.29) is 0 Å². The van der Waals surface area contributed by atoms with Gasteiger partial charge in [0.2, 0.25) is 10.0 Å². The van der Waals surface area contributed by atoms with Crippen molar-refractivity contribution in [2.24, 2.45) is 4.99 Å². The topological polar surface area (TPSA) is 65.0 Å². The first-order valence-corrected chi connectivity index (χ1v) is 10.6. The van der Waals surface area contributed by atoms with Crippen molar-refractivity contribution in [3.8, 4) is 0 Å². The molecule has 0 spiro atoms. The maximum atomic E-state index is 11.6. The summed E-state index contributed by atoms with van der Waals surface area (Å²) in [5.41, 5.74) is 2.57. The summed E-state index contributed by atoms with van der Waals surface area (Å²) in [5.74, 6) is 0.807. The number of hydrogen-bond acceptors (Lipinski definition) is 3. The van der Waals surface area contributed by atoms with E-state index in [9.17, 15) is 8.42 Å². The summed E-state index contributed by atoms with van der Waals surface area (Å²) in [6.07, 6.45) is 3.03. The van der Waals surface area contributed by atoms with Crippen LogP contribution in [0.4, 0.5) is 0 Å². The molecule has 0 bridgehead atoms. The van der Waals surface area contributed by atoms with Crippen molar-refractivity contribution in [2.45, 2.75) is 33.2 Å². The van der Waals surface area contributed by atoms with E-state index in [1.54, 1.807) is 7.05 Å².